The molecule has 0 N–H and O–H groups in total. The van der Waals surface area contributed by atoms with Crippen molar-refractivity contribution in [2.45, 2.75) is 44.3 Å². The molecule has 1 fully saturated rings. The van der Waals surface area contributed by atoms with Gasteiger partial charge in [0, 0.05) is 16.3 Å². The van der Waals surface area contributed by atoms with E-state index in [1.807, 2.05) is 6.07 Å². The van der Waals surface area contributed by atoms with Gasteiger partial charge in [0.05, 0.1) is 16.6 Å². The molecule has 7 aromatic rings. The summed E-state index contributed by atoms with van der Waals surface area (Å²) in [5.74, 6) is 0. The Kier molecular flexibility index (Phi) is 5.29. The molecule has 4 heteroatoms. The monoisotopic (exact) mass is 608 g/mol. The van der Waals surface area contributed by atoms with Crippen LogP contribution in [0, 0.1) is 0 Å². The summed E-state index contributed by atoms with van der Waals surface area (Å²) < 4.78 is 20.1. The third-order valence-corrected chi connectivity index (χ3v) is 11.4. The summed E-state index contributed by atoms with van der Waals surface area (Å²) in [6, 6.07) is 46.6. The highest BCUT2D eigenvalue weighted by molar-refractivity contribution is 6.62. The van der Waals surface area contributed by atoms with Crippen molar-refractivity contribution in [3.05, 3.63) is 150 Å². The van der Waals surface area contributed by atoms with Crippen molar-refractivity contribution in [3.8, 4) is 33.4 Å². The van der Waals surface area contributed by atoms with Crippen molar-refractivity contribution in [3.63, 3.8) is 0 Å². The quantitative estimate of drug-likeness (QED) is 0.174. The predicted molar refractivity (Wildman–Crippen MR) is 191 cm³/mol. The Morgan fingerprint density at radius 3 is 1.77 bits per heavy atom. The summed E-state index contributed by atoms with van der Waals surface area (Å²) in [5.41, 5.74) is 13.6. The lowest BCUT2D eigenvalue weighted by Gasteiger charge is -2.35. The molecule has 3 aliphatic rings. The molecule has 2 heterocycles. The van der Waals surface area contributed by atoms with E-state index in [-0.39, 0.29) is 0 Å². The Bertz CT molecular complexity index is 2430. The van der Waals surface area contributed by atoms with E-state index >= 15 is 0 Å². The summed E-state index contributed by atoms with van der Waals surface area (Å²) in [4.78, 5) is 0. The molecule has 0 radical (unpaired) electrons. The molecular formula is C43H33BO3. The average Bonchev–Trinajstić information content (AvgIpc) is 3.66. The van der Waals surface area contributed by atoms with Crippen molar-refractivity contribution >= 4 is 34.5 Å². The molecule has 10 rings (SSSR count). The fraction of sp³-hybridized carbons (Fsp3) is 0.163. The predicted octanol–water partition coefficient (Wildman–Crippen LogP) is 9.90. The Labute approximate surface area is 274 Å². The van der Waals surface area contributed by atoms with Crippen molar-refractivity contribution < 1.29 is 13.7 Å². The second kappa shape index (κ2) is 9.13. The van der Waals surface area contributed by atoms with E-state index in [0.29, 0.717) is 0 Å². The molecule has 1 saturated heterocycles. The lowest BCUT2D eigenvalue weighted by Crippen LogP contribution is -2.41. The van der Waals surface area contributed by atoms with Gasteiger partial charge in [0.15, 0.2) is 0 Å². The first-order chi connectivity index (χ1) is 22.8. The van der Waals surface area contributed by atoms with Gasteiger partial charge in [-0.1, -0.05) is 121 Å². The van der Waals surface area contributed by atoms with Gasteiger partial charge < -0.3 is 13.7 Å². The molecule has 2 aliphatic carbocycles. The van der Waals surface area contributed by atoms with Gasteiger partial charge in [-0.05, 0) is 89.3 Å². The molecule has 47 heavy (non-hydrogen) atoms. The van der Waals surface area contributed by atoms with Crippen LogP contribution in [0.4, 0.5) is 0 Å². The van der Waals surface area contributed by atoms with E-state index in [2.05, 4.69) is 149 Å². The van der Waals surface area contributed by atoms with Gasteiger partial charge in [-0.15, -0.1) is 0 Å². The van der Waals surface area contributed by atoms with E-state index in [9.17, 15) is 0 Å². The summed E-state index contributed by atoms with van der Waals surface area (Å²) in [7, 11) is -0.481. The zero-order valence-electron chi connectivity index (χ0n) is 26.9. The molecule has 0 bridgehead atoms. The van der Waals surface area contributed by atoms with Crippen LogP contribution in [0.2, 0.25) is 0 Å². The van der Waals surface area contributed by atoms with Crippen LogP contribution in [0.1, 0.15) is 49.9 Å². The fourth-order valence-corrected chi connectivity index (χ4v) is 8.50. The van der Waals surface area contributed by atoms with Crippen molar-refractivity contribution in [2.75, 3.05) is 0 Å². The first-order valence-corrected chi connectivity index (χ1v) is 16.5. The average molecular weight is 609 g/mol. The number of hydrogen-bond acceptors (Lipinski definition) is 3. The maximum absolute atomic E-state index is 6.77. The van der Waals surface area contributed by atoms with Crippen LogP contribution in [-0.2, 0) is 14.7 Å². The lowest BCUT2D eigenvalue weighted by molar-refractivity contribution is 0.00578. The van der Waals surface area contributed by atoms with Crippen LogP contribution in [0.15, 0.2) is 132 Å². The fourth-order valence-electron chi connectivity index (χ4n) is 8.50. The van der Waals surface area contributed by atoms with Gasteiger partial charge >= 0.3 is 7.12 Å². The Hall–Kier alpha value is -4.90. The number of rotatable bonds is 1. The second-order valence-electron chi connectivity index (χ2n) is 14.2. The van der Waals surface area contributed by atoms with Crippen LogP contribution in [0.5, 0.6) is 0 Å². The van der Waals surface area contributed by atoms with E-state index in [1.165, 1.54) is 55.6 Å². The summed E-state index contributed by atoms with van der Waals surface area (Å²) in [6.07, 6.45) is 0. The third-order valence-electron chi connectivity index (χ3n) is 11.4. The molecule has 1 unspecified atom stereocenters. The van der Waals surface area contributed by atoms with Gasteiger partial charge in [0.25, 0.3) is 0 Å². The van der Waals surface area contributed by atoms with E-state index in [4.69, 9.17) is 13.7 Å². The van der Waals surface area contributed by atoms with Crippen LogP contribution < -0.4 is 5.46 Å². The molecule has 6 aromatic carbocycles. The minimum atomic E-state index is -0.621. The Morgan fingerprint density at radius 2 is 1.04 bits per heavy atom. The summed E-state index contributed by atoms with van der Waals surface area (Å²) in [6.45, 7) is 8.47. The normalized spacial score (nSPS) is 19.7. The van der Waals surface area contributed by atoms with Gasteiger partial charge in [-0.3, -0.25) is 0 Å². The van der Waals surface area contributed by atoms with Gasteiger partial charge in [-0.2, -0.15) is 0 Å². The zero-order valence-corrected chi connectivity index (χ0v) is 26.9. The van der Waals surface area contributed by atoms with Crippen molar-refractivity contribution in [1.82, 2.24) is 0 Å². The first kappa shape index (κ1) is 27.2. The number of furan rings is 1. The maximum Gasteiger partial charge on any atom is 0.494 e. The molecular weight excluding hydrogens is 575 g/mol. The van der Waals surface area contributed by atoms with Crippen molar-refractivity contribution in [2.24, 2.45) is 0 Å². The maximum atomic E-state index is 6.77. The second-order valence-corrected chi connectivity index (χ2v) is 14.2. The van der Waals surface area contributed by atoms with Crippen LogP contribution in [0.25, 0.3) is 55.3 Å². The third kappa shape index (κ3) is 3.39. The Balaban J connectivity index is 1.37. The molecule has 1 atom stereocenters. The summed E-state index contributed by atoms with van der Waals surface area (Å²) in [5, 5.41) is 2.28. The highest BCUT2D eigenvalue weighted by atomic mass is 16.7. The zero-order chi connectivity index (χ0) is 31.7. The number of benzene rings is 6. The largest absolute Gasteiger partial charge is 0.494 e. The van der Waals surface area contributed by atoms with E-state index in [0.717, 1.165) is 27.4 Å². The molecule has 3 nitrogen and oxygen atoms in total. The number of para-hydroxylation sites is 1. The standard InChI is InChI=1S/C43H33BO3/c1-41(2)42(3,4)47-44(46-41)26-21-22-30-28-14-6-5-13-27(28)29-15-7-10-18-34(29)43(37(30)25-26)35-19-11-8-17-33(35)39-36(43)24-23-32-31-16-9-12-20-38(31)45-40(32)39/h5-25H,1-4H3. The highest BCUT2D eigenvalue weighted by Gasteiger charge is 2.54. The smallest absolute Gasteiger partial charge is 0.455 e. The van der Waals surface area contributed by atoms with Crippen LogP contribution in [0.3, 0.4) is 0 Å². The van der Waals surface area contributed by atoms with E-state index < -0.39 is 23.7 Å². The molecule has 1 aromatic heterocycles. The minimum Gasteiger partial charge on any atom is -0.455 e. The summed E-state index contributed by atoms with van der Waals surface area (Å²) >= 11 is 0. The van der Waals surface area contributed by atoms with Gasteiger partial charge in [0.1, 0.15) is 11.2 Å². The van der Waals surface area contributed by atoms with Gasteiger partial charge in [0.2, 0.25) is 0 Å². The molecule has 226 valence electrons. The highest BCUT2D eigenvalue weighted by Crippen LogP contribution is 2.62. The SMILES string of the molecule is CC1(C)OB(c2ccc3c(c2)C2(c4ccccc4-c4ccccc4-3)c3ccccc3-c3c2ccc2c3oc3ccccc32)OC1(C)C. The number of hydrogen-bond donors (Lipinski definition) is 0. The first-order valence-electron chi connectivity index (χ1n) is 16.5. The minimum absolute atomic E-state index is 0.444. The van der Waals surface area contributed by atoms with Crippen LogP contribution >= 0.6 is 0 Å². The topological polar surface area (TPSA) is 31.6 Å². The molecule has 0 amide bonds. The molecule has 0 saturated carbocycles. The lowest BCUT2D eigenvalue weighted by atomic mass is 9.64. The molecule has 1 aliphatic heterocycles. The van der Waals surface area contributed by atoms with Crippen molar-refractivity contribution in [1.29, 1.82) is 0 Å². The van der Waals surface area contributed by atoms with E-state index in [1.54, 1.807) is 0 Å². The Morgan fingerprint density at radius 1 is 0.468 bits per heavy atom. The number of fused-ring (bicyclic) bond motifs is 16. The van der Waals surface area contributed by atoms with Crippen LogP contribution in [-0.4, -0.2) is 18.3 Å². The van der Waals surface area contributed by atoms with Gasteiger partial charge in [-0.25, -0.2) is 0 Å². The molecule has 1 spiro atoms.